The Morgan fingerprint density at radius 1 is 1.32 bits per heavy atom. The highest BCUT2D eigenvalue weighted by molar-refractivity contribution is 7.11. The standard InChI is InChI=1S/C19H25N3O2S/c1-14-20-11-18(25-14)12-21-19(23)22-16-7-5-6-15(10-16)13-24-17-8-3-2-4-9-17/h5-7,10-11,17H,2-4,8-9,12-13H2,1H3,(H2,21,22,23). The number of thiazole rings is 1. The van der Waals surface area contributed by atoms with Crippen molar-refractivity contribution in [2.45, 2.75) is 58.3 Å². The van der Waals surface area contributed by atoms with Crippen molar-refractivity contribution in [2.24, 2.45) is 0 Å². The number of benzene rings is 1. The van der Waals surface area contributed by atoms with Crippen LogP contribution in [0, 0.1) is 6.92 Å². The summed E-state index contributed by atoms with van der Waals surface area (Å²) in [7, 11) is 0. The molecule has 0 aliphatic heterocycles. The Hall–Kier alpha value is -1.92. The van der Waals surface area contributed by atoms with Gasteiger partial charge in [-0.3, -0.25) is 0 Å². The van der Waals surface area contributed by atoms with Gasteiger partial charge in [0.1, 0.15) is 0 Å². The van der Waals surface area contributed by atoms with Gasteiger partial charge in [0.2, 0.25) is 0 Å². The van der Waals surface area contributed by atoms with Gasteiger partial charge in [-0.15, -0.1) is 11.3 Å². The lowest BCUT2D eigenvalue weighted by Crippen LogP contribution is -2.27. The number of hydrogen-bond donors (Lipinski definition) is 2. The van der Waals surface area contributed by atoms with Crippen LogP contribution < -0.4 is 10.6 Å². The fourth-order valence-corrected chi connectivity index (χ4v) is 3.75. The Labute approximate surface area is 152 Å². The second-order valence-electron chi connectivity index (χ2n) is 6.42. The molecule has 1 heterocycles. The number of anilines is 1. The normalized spacial score (nSPS) is 15.1. The Balaban J connectivity index is 1.46. The number of ether oxygens (including phenoxy) is 1. The van der Waals surface area contributed by atoms with Crippen LogP contribution in [0.4, 0.5) is 10.5 Å². The van der Waals surface area contributed by atoms with Gasteiger partial charge in [-0.1, -0.05) is 31.4 Å². The number of carbonyl (C=O) groups excluding carboxylic acids is 1. The first kappa shape index (κ1) is 17.9. The molecule has 0 saturated heterocycles. The van der Waals surface area contributed by atoms with Crippen molar-refractivity contribution < 1.29 is 9.53 Å². The summed E-state index contributed by atoms with van der Waals surface area (Å²) in [6, 6.07) is 7.63. The molecule has 25 heavy (non-hydrogen) atoms. The molecule has 0 unspecified atom stereocenters. The number of nitrogens with one attached hydrogen (secondary N) is 2. The summed E-state index contributed by atoms with van der Waals surface area (Å²) in [6.45, 7) is 3.04. The van der Waals surface area contributed by atoms with Crippen LogP contribution in [0.5, 0.6) is 0 Å². The van der Waals surface area contributed by atoms with E-state index in [4.69, 9.17) is 4.74 Å². The second-order valence-corrected chi connectivity index (χ2v) is 7.74. The Morgan fingerprint density at radius 2 is 2.16 bits per heavy atom. The summed E-state index contributed by atoms with van der Waals surface area (Å²) < 4.78 is 6.00. The summed E-state index contributed by atoms with van der Waals surface area (Å²) in [5.41, 5.74) is 1.86. The molecule has 1 fully saturated rings. The molecule has 1 aliphatic carbocycles. The van der Waals surface area contributed by atoms with Gasteiger partial charge >= 0.3 is 6.03 Å². The maximum absolute atomic E-state index is 12.0. The smallest absolute Gasteiger partial charge is 0.319 e. The summed E-state index contributed by atoms with van der Waals surface area (Å²) >= 11 is 1.59. The van der Waals surface area contributed by atoms with E-state index in [9.17, 15) is 4.79 Å². The molecule has 134 valence electrons. The molecule has 2 amide bonds. The maximum atomic E-state index is 12.0. The lowest BCUT2D eigenvalue weighted by molar-refractivity contribution is 0.0169. The number of hydrogen-bond acceptors (Lipinski definition) is 4. The third-order valence-electron chi connectivity index (χ3n) is 4.32. The second kappa shape index (κ2) is 8.97. The van der Waals surface area contributed by atoms with Gasteiger partial charge in [-0.2, -0.15) is 0 Å². The lowest BCUT2D eigenvalue weighted by Gasteiger charge is -2.22. The molecule has 3 rings (SSSR count). The fourth-order valence-electron chi connectivity index (χ4n) is 3.01. The van der Waals surface area contributed by atoms with Crippen LogP contribution in [0.25, 0.3) is 0 Å². The van der Waals surface area contributed by atoms with Gasteiger partial charge in [-0.25, -0.2) is 9.78 Å². The van der Waals surface area contributed by atoms with Crippen LogP contribution in [0.3, 0.4) is 0 Å². The van der Waals surface area contributed by atoms with Crippen LogP contribution in [0.1, 0.15) is 47.6 Å². The van der Waals surface area contributed by atoms with Crippen molar-refractivity contribution in [3.05, 3.63) is 45.9 Å². The number of aryl methyl sites for hydroxylation is 1. The molecule has 0 radical (unpaired) electrons. The zero-order valence-corrected chi connectivity index (χ0v) is 15.4. The summed E-state index contributed by atoms with van der Waals surface area (Å²) in [5, 5.41) is 6.73. The minimum atomic E-state index is -0.212. The molecule has 5 nitrogen and oxygen atoms in total. The van der Waals surface area contributed by atoms with E-state index in [1.54, 1.807) is 17.5 Å². The van der Waals surface area contributed by atoms with Crippen molar-refractivity contribution in [1.82, 2.24) is 10.3 Å². The lowest BCUT2D eigenvalue weighted by atomic mass is 9.98. The van der Waals surface area contributed by atoms with Gasteiger partial charge in [-0.05, 0) is 37.5 Å². The number of urea groups is 1. The van der Waals surface area contributed by atoms with Crippen molar-refractivity contribution >= 4 is 23.1 Å². The molecule has 2 N–H and O–H groups in total. The average molecular weight is 359 g/mol. The zero-order valence-electron chi connectivity index (χ0n) is 14.6. The van der Waals surface area contributed by atoms with Gasteiger partial charge in [0.25, 0.3) is 0 Å². The number of nitrogens with zero attached hydrogens (tertiary/aromatic N) is 1. The summed E-state index contributed by atoms with van der Waals surface area (Å²) in [4.78, 5) is 17.3. The highest BCUT2D eigenvalue weighted by Crippen LogP contribution is 2.22. The number of carbonyl (C=O) groups is 1. The van der Waals surface area contributed by atoms with Crippen LogP contribution in [0.2, 0.25) is 0 Å². The molecule has 1 aromatic heterocycles. The van der Waals surface area contributed by atoms with E-state index in [1.807, 2.05) is 31.2 Å². The van der Waals surface area contributed by atoms with Crippen LogP contribution in [0.15, 0.2) is 30.5 Å². The minimum absolute atomic E-state index is 0.212. The van der Waals surface area contributed by atoms with E-state index >= 15 is 0 Å². The largest absolute Gasteiger partial charge is 0.374 e. The highest BCUT2D eigenvalue weighted by atomic mass is 32.1. The molecule has 1 aromatic carbocycles. The Bertz CT molecular complexity index is 695. The van der Waals surface area contributed by atoms with Gasteiger partial charge in [0.05, 0.1) is 24.3 Å². The summed E-state index contributed by atoms with van der Waals surface area (Å²) in [6.07, 6.45) is 8.38. The van der Waals surface area contributed by atoms with Crippen molar-refractivity contribution in [2.75, 3.05) is 5.32 Å². The molecule has 2 aromatic rings. The van der Waals surface area contributed by atoms with Crippen LogP contribution in [-0.4, -0.2) is 17.1 Å². The third-order valence-corrected chi connectivity index (χ3v) is 5.23. The molecule has 1 saturated carbocycles. The van der Waals surface area contributed by atoms with Gasteiger partial charge in [0.15, 0.2) is 0 Å². The van der Waals surface area contributed by atoms with E-state index in [-0.39, 0.29) is 6.03 Å². The quantitative estimate of drug-likeness (QED) is 0.791. The van der Waals surface area contributed by atoms with Gasteiger partial charge in [0, 0.05) is 16.8 Å². The molecule has 1 aliphatic rings. The Kier molecular flexibility index (Phi) is 6.42. The first-order chi connectivity index (χ1) is 12.2. The predicted molar refractivity (Wildman–Crippen MR) is 101 cm³/mol. The number of aromatic nitrogens is 1. The maximum Gasteiger partial charge on any atom is 0.319 e. The Morgan fingerprint density at radius 3 is 2.92 bits per heavy atom. The molecule has 0 spiro atoms. The van der Waals surface area contributed by atoms with Crippen LogP contribution >= 0.6 is 11.3 Å². The predicted octanol–water partition coefficient (Wildman–Crippen LogP) is 4.62. The molecule has 0 bridgehead atoms. The SMILES string of the molecule is Cc1ncc(CNC(=O)Nc2cccc(COC3CCCCC3)c2)s1. The first-order valence-electron chi connectivity index (χ1n) is 8.86. The highest BCUT2D eigenvalue weighted by Gasteiger charge is 2.13. The molecular weight excluding hydrogens is 334 g/mol. The van der Waals surface area contributed by atoms with E-state index in [0.717, 1.165) is 34.0 Å². The zero-order chi connectivity index (χ0) is 17.5. The van der Waals surface area contributed by atoms with Crippen molar-refractivity contribution in [1.29, 1.82) is 0 Å². The average Bonchev–Trinajstić information content (AvgIpc) is 3.05. The molecular formula is C19H25N3O2S. The van der Waals surface area contributed by atoms with Gasteiger partial charge < -0.3 is 15.4 Å². The van der Waals surface area contributed by atoms with Crippen LogP contribution in [-0.2, 0) is 17.9 Å². The minimum Gasteiger partial charge on any atom is -0.374 e. The summed E-state index contributed by atoms with van der Waals surface area (Å²) in [5.74, 6) is 0. The van der Waals surface area contributed by atoms with E-state index in [0.29, 0.717) is 19.3 Å². The third kappa shape index (κ3) is 5.83. The van der Waals surface area contributed by atoms with Crippen molar-refractivity contribution in [3.63, 3.8) is 0 Å². The number of amides is 2. The fraction of sp³-hybridized carbons (Fsp3) is 0.474. The van der Waals surface area contributed by atoms with E-state index in [2.05, 4.69) is 15.6 Å². The first-order valence-corrected chi connectivity index (χ1v) is 9.67. The van der Waals surface area contributed by atoms with E-state index in [1.165, 1.54) is 19.3 Å². The molecule has 0 atom stereocenters. The van der Waals surface area contributed by atoms with Crippen molar-refractivity contribution in [3.8, 4) is 0 Å². The van der Waals surface area contributed by atoms with E-state index < -0.39 is 0 Å². The monoisotopic (exact) mass is 359 g/mol. The topological polar surface area (TPSA) is 63.2 Å². The number of rotatable bonds is 6. The molecule has 6 heteroatoms.